The van der Waals surface area contributed by atoms with Gasteiger partial charge in [0.25, 0.3) is 0 Å². The number of furan rings is 1. The van der Waals surface area contributed by atoms with Gasteiger partial charge in [0.15, 0.2) is 5.96 Å². The predicted molar refractivity (Wildman–Crippen MR) is 126 cm³/mol. The Morgan fingerprint density at radius 3 is 2.62 bits per heavy atom. The zero-order valence-electron chi connectivity index (χ0n) is 17.9. The van der Waals surface area contributed by atoms with Crippen molar-refractivity contribution in [2.45, 2.75) is 58.5 Å². The Labute approximate surface area is 190 Å². The summed E-state index contributed by atoms with van der Waals surface area (Å²) in [6, 6.07) is 4.21. The molecule has 0 aliphatic carbocycles. The van der Waals surface area contributed by atoms with E-state index >= 15 is 0 Å². The molecule has 0 amide bonds. The lowest BCUT2D eigenvalue weighted by atomic mass is 9.94. The van der Waals surface area contributed by atoms with E-state index in [1.165, 1.54) is 12.8 Å². The van der Waals surface area contributed by atoms with E-state index in [1.807, 2.05) is 6.07 Å². The molecule has 1 aliphatic rings. The van der Waals surface area contributed by atoms with Crippen molar-refractivity contribution < 1.29 is 8.83 Å². The fourth-order valence-electron chi connectivity index (χ4n) is 3.36. The maximum atomic E-state index is 5.85. The van der Waals surface area contributed by atoms with E-state index in [9.17, 15) is 0 Å². The summed E-state index contributed by atoms with van der Waals surface area (Å²) in [5, 5.41) is 6.76. The summed E-state index contributed by atoms with van der Waals surface area (Å²) in [6.07, 6.45) is 6.02. The molecule has 2 aromatic rings. The van der Waals surface area contributed by atoms with Gasteiger partial charge in [-0.1, -0.05) is 20.8 Å². The van der Waals surface area contributed by atoms with Crippen LogP contribution < -0.4 is 10.6 Å². The molecule has 3 heterocycles. The summed E-state index contributed by atoms with van der Waals surface area (Å²) in [5.41, 5.74) is -0.0519. The summed E-state index contributed by atoms with van der Waals surface area (Å²) in [6.45, 7) is 12.5. The van der Waals surface area contributed by atoms with Crippen LogP contribution in [0.2, 0.25) is 0 Å². The summed E-state index contributed by atoms with van der Waals surface area (Å²) in [4.78, 5) is 11.5. The monoisotopic (exact) mass is 515 g/mol. The van der Waals surface area contributed by atoms with Gasteiger partial charge in [0.1, 0.15) is 18.1 Å². The van der Waals surface area contributed by atoms with Crippen LogP contribution in [0, 0.1) is 0 Å². The Bertz CT molecular complexity index is 745. The fourth-order valence-corrected chi connectivity index (χ4v) is 3.36. The zero-order valence-corrected chi connectivity index (χ0v) is 20.2. The second kappa shape index (κ2) is 11.0. The zero-order chi connectivity index (χ0) is 20.0. The average molecular weight is 515 g/mol. The summed E-state index contributed by atoms with van der Waals surface area (Å²) >= 11 is 0. The van der Waals surface area contributed by atoms with E-state index < -0.39 is 0 Å². The van der Waals surface area contributed by atoms with Crippen LogP contribution in [-0.2, 0) is 12.0 Å². The second-order valence-electron chi connectivity index (χ2n) is 8.22. The molecule has 0 aromatic carbocycles. The molecule has 29 heavy (non-hydrogen) atoms. The van der Waals surface area contributed by atoms with Gasteiger partial charge in [-0.05, 0) is 45.0 Å². The van der Waals surface area contributed by atoms with Crippen LogP contribution in [0.15, 0.2) is 38.4 Å². The Balaban J connectivity index is 0.00000300. The smallest absolute Gasteiger partial charge is 0.216 e. The molecule has 2 N–H and O–H groups in total. The molecule has 0 radical (unpaired) electrons. The number of rotatable bonds is 7. The maximum Gasteiger partial charge on any atom is 0.216 e. The first-order valence-electron chi connectivity index (χ1n) is 10.2. The molecule has 1 fully saturated rings. The highest BCUT2D eigenvalue weighted by Gasteiger charge is 2.25. The molecular weight excluding hydrogens is 481 g/mol. The molecule has 1 atom stereocenters. The lowest BCUT2D eigenvalue weighted by Gasteiger charge is -2.26. The standard InChI is InChI=1S/C21H33N5O2.HI/c1-5-22-20(25-15-19-23-14-18(28-19)21(2,3)4)24-13-16(17-9-8-12-27-17)26-10-6-7-11-26;/h8-9,12,14,16H,5-7,10-11,13,15H2,1-4H3,(H2,22,24,25);1H. The van der Waals surface area contributed by atoms with E-state index in [0.717, 1.165) is 43.7 Å². The molecule has 1 saturated heterocycles. The molecule has 0 saturated carbocycles. The van der Waals surface area contributed by atoms with Gasteiger partial charge in [0.2, 0.25) is 5.89 Å². The largest absolute Gasteiger partial charge is 0.468 e. The quantitative estimate of drug-likeness (QED) is 0.329. The molecule has 7 nitrogen and oxygen atoms in total. The van der Waals surface area contributed by atoms with E-state index in [0.29, 0.717) is 12.4 Å². The Kier molecular flexibility index (Phi) is 9.01. The van der Waals surface area contributed by atoms with Crippen LogP contribution in [0.25, 0.3) is 0 Å². The summed E-state index contributed by atoms with van der Waals surface area (Å²) in [7, 11) is 0. The highest BCUT2D eigenvalue weighted by atomic mass is 127. The van der Waals surface area contributed by atoms with E-state index in [-0.39, 0.29) is 35.4 Å². The first-order chi connectivity index (χ1) is 13.5. The number of nitrogens with one attached hydrogen (secondary N) is 2. The first-order valence-corrected chi connectivity index (χ1v) is 10.2. The van der Waals surface area contributed by atoms with Crippen LogP contribution in [0.1, 0.15) is 64.0 Å². The third kappa shape index (κ3) is 6.74. The lowest BCUT2D eigenvalue weighted by Crippen LogP contribution is -2.42. The van der Waals surface area contributed by atoms with Crippen molar-refractivity contribution in [3.63, 3.8) is 0 Å². The minimum absolute atomic E-state index is 0. The molecular formula is C21H34IN5O2. The third-order valence-electron chi connectivity index (χ3n) is 4.93. The highest BCUT2D eigenvalue weighted by molar-refractivity contribution is 14.0. The number of hydrogen-bond acceptors (Lipinski definition) is 5. The van der Waals surface area contributed by atoms with Crippen molar-refractivity contribution in [1.29, 1.82) is 0 Å². The Morgan fingerprint density at radius 1 is 1.28 bits per heavy atom. The third-order valence-corrected chi connectivity index (χ3v) is 4.93. The Hall–Kier alpha value is -1.55. The van der Waals surface area contributed by atoms with Gasteiger partial charge < -0.3 is 19.5 Å². The predicted octanol–water partition coefficient (Wildman–Crippen LogP) is 4.08. The van der Waals surface area contributed by atoms with Crippen molar-refractivity contribution in [3.8, 4) is 0 Å². The average Bonchev–Trinajstić information content (AvgIpc) is 3.41. The summed E-state index contributed by atoms with van der Waals surface area (Å²) < 4.78 is 11.5. The molecule has 8 heteroatoms. The number of hydrogen-bond donors (Lipinski definition) is 2. The molecule has 2 aromatic heterocycles. The molecule has 0 bridgehead atoms. The lowest BCUT2D eigenvalue weighted by molar-refractivity contribution is 0.215. The van der Waals surface area contributed by atoms with E-state index in [4.69, 9.17) is 8.83 Å². The summed E-state index contributed by atoms with van der Waals surface area (Å²) in [5.74, 6) is 3.26. The second-order valence-corrected chi connectivity index (χ2v) is 8.22. The van der Waals surface area contributed by atoms with Gasteiger partial charge in [-0.3, -0.25) is 4.90 Å². The van der Waals surface area contributed by atoms with Crippen LogP contribution in [-0.4, -0.2) is 42.0 Å². The van der Waals surface area contributed by atoms with Crippen LogP contribution >= 0.6 is 24.0 Å². The van der Waals surface area contributed by atoms with Gasteiger partial charge in [-0.2, -0.15) is 0 Å². The normalized spacial score (nSPS) is 16.5. The highest BCUT2D eigenvalue weighted by Crippen LogP contribution is 2.25. The Morgan fingerprint density at radius 2 is 2.03 bits per heavy atom. The van der Waals surface area contributed by atoms with Crippen molar-refractivity contribution in [3.05, 3.63) is 42.0 Å². The van der Waals surface area contributed by atoms with Crippen molar-refractivity contribution in [1.82, 2.24) is 20.5 Å². The molecule has 1 aliphatic heterocycles. The number of guanidine groups is 1. The fraction of sp³-hybridized carbons (Fsp3) is 0.619. The van der Waals surface area contributed by atoms with Gasteiger partial charge in [0, 0.05) is 18.5 Å². The first kappa shape index (κ1) is 23.7. The number of aromatic nitrogens is 1. The van der Waals surface area contributed by atoms with Gasteiger partial charge in [-0.25, -0.2) is 9.98 Å². The minimum atomic E-state index is -0.0519. The van der Waals surface area contributed by atoms with Gasteiger partial charge in [-0.15, -0.1) is 24.0 Å². The van der Waals surface area contributed by atoms with E-state index in [2.05, 4.69) is 59.3 Å². The molecule has 1 unspecified atom stereocenters. The number of halogens is 1. The van der Waals surface area contributed by atoms with Gasteiger partial charge >= 0.3 is 0 Å². The number of oxazole rings is 1. The van der Waals surface area contributed by atoms with Crippen molar-refractivity contribution in [2.24, 2.45) is 4.99 Å². The number of nitrogens with zero attached hydrogens (tertiary/aromatic N) is 3. The molecule has 162 valence electrons. The molecule has 3 rings (SSSR count). The van der Waals surface area contributed by atoms with Crippen LogP contribution in [0.4, 0.5) is 0 Å². The van der Waals surface area contributed by atoms with Gasteiger partial charge in [0.05, 0.1) is 18.5 Å². The van der Waals surface area contributed by atoms with Crippen molar-refractivity contribution in [2.75, 3.05) is 26.2 Å². The maximum absolute atomic E-state index is 5.85. The van der Waals surface area contributed by atoms with Crippen LogP contribution in [0.3, 0.4) is 0 Å². The molecule has 0 spiro atoms. The van der Waals surface area contributed by atoms with Crippen molar-refractivity contribution >= 4 is 29.9 Å². The van der Waals surface area contributed by atoms with E-state index in [1.54, 1.807) is 12.5 Å². The minimum Gasteiger partial charge on any atom is -0.468 e. The topological polar surface area (TPSA) is 78.8 Å². The SMILES string of the molecule is CCNC(=NCc1ncc(C(C)(C)C)o1)NCC(c1ccco1)N1CCCC1.I. The number of aliphatic imine (C=N–C) groups is 1. The van der Waals surface area contributed by atoms with Crippen LogP contribution in [0.5, 0.6) is 0 Å². The number of likely N-dealkylation sites (tertiary alicyclic amines) is 1.